The molecule has 0 saturated carbocycles. The summed E-state index contributed by atoms with van der Waals surface area (Å²) in [6.07, 6.45) is 0.259. The molecule has 2 unspecified atom stereocenters. The summed E-state index contributed by atoms with van der Waals surface area (Å²) in [6.45, 7) is 3.94. The summed E-state index contributed by atoms with van der Waals surface area (Å²) in [5.74, 6) is 0. The van der Waals surface area contributed by atoms with Crippen LogP contribution in [-0.2, 0) is 4.74 Å². The van der Waals surface area contributed by atoms with E-state index < -0.39 is 11.7 Å². The molecular formula is C10H16O2S. The molecule has 0 amide bonds. The quantitative estimate of drug-likeness (QED) is 0.809. The van der Waals surface area contributed by atoms with Gasteiger partial charge in [-0.1, -0.05) is 6.92 Å². The zero-order chi connectivity index (χ0) is 9.90. The van der Waals surface area contributed by atoms with E-state index in [2.05, 4.69) is 0 Å². The lowest BCUT2D eigenvalue weighted by Gasteiger charge is -2.31. The van der Waals surface area contributed by atoms with E-state index in [1.54, 1.807) is 18.4 Å². The highest BCUT2D eigenvalue weighted by molar-refractivity contribution is 7.07. The topological polar surface area (TPSA) is 29.5 Å². The van der Waals surface area contributed by atoms with Crippen LogP contribution in [0.4, 0.5) is 0 Å². The Balaban J connectivity index is 2.82. The van der Waals surface area contributed by atoms with E-state index >= 15 is 0 Å². The van der Waals surface area contributed by atoms with Crippen LogP contribution in [0, 0.1) is 0 Å². The van der Waals surface area contributed by atoms with Gasteiger partial charge in [0, 0.05) is 7.11 Å². The minimum absolute atomic E-state index is 0.471. The van der Waals surface area contributed by atoms with E-state index in [0.717, 1.165) is 12.0 Å². The van der Waals surface area contributed by atoms with E-state index in [-0.39, 0.29) is 0 Å². The first-order valence-electron chi connectivity index (χ1n) is 4.39. The Morgan fingerprint density at radius 1 is 1.69 bits per heavy atom. The summed E-state index contributed by atoms with van der Waals surface area (Å²) in [4.78, 5) is 0. The number of aliphatic hydroxyl groups is 1. The monoisotopic (exact) mass is 200 g/mol. The summed E-state index contributed by atoms with van der Waals surface area (Å²) in [5.41, 5.74) is 0.470. The maximum atomic E-state index is 10.0. The fourth-order valence-electron chi connectivity index (χ4n) is 1.23. The molecule has 2 nitrogen and oxygen atoms in total. The fraction of sp³-hybridized carbons (Fsp3) is 0.600. The number of aliphatic hydroxyl groups excluding tert-OH is 1. The van der Waals surface area contributed by atoms with E-state index in [0.29, 0.717) is 0 Å². The number of hydrogen-bond acceptors (Lipinski definition) is 3. The normalized spacial score (nSPS) is 18.2. The van der Waals surface area contributed by atoms with Gasteiger partial charge in [-0.15, -0.1) is 0 Å². The largest absolute Gasteiger partial charge is 0.385 e. The highest BCUT2D eigenvalue weighted by Crippen LogP contribution is 2.32. The Hall–Kier alpha value is -0.380. The zero-order valence-corrected chi connectivity index (χ0v) is 9.10. The zero-order valence-electron chi connectivity index (χ0n) is 8.28. The van der Waals surface area contributed by atoms with Crippen LogP contribution in [0.3, 0.4) is 0 Å². The first-order valence-corrected chi connectivity index (χ1v) is 5.33. The van der Waals surface area contributed by atoms with Crippen LogP contribution >= 0.6 is 11.3 Å². The van der Waals surface area contributed by atoms with Crippen molar-refractivity contribution in [2.75, 3.05) is 7.11 Å². The van der Waals surface area contributed by atoms with Gasteiger partial charge in [0.1, 0.15) is 6.10 Å². The van der Waals surface area contributed by atoms with Crippen molar-refractivity contribution in [2.24, 2.45) is 0 Å². The molecule has 0 radical (unpaired) electrons. The summed E-state index contributed by atoms with van der Waals surface area (Å²) in [6, 6.07) is 1.93. The Morgan fingerprint density at radius 3 is 2.77 bits per heavy atom. The molecule has 1 heterocycles. The van der Waals surface area contributed by atoms with Crippen molar-refractivity contribution in [3.63, 3.8) is 0 Å². The van der Waals surface area contributed by atoms with Crippen molar-refractivity contribution in [1.29, 1.82) is 0 Å². The predicted octanol–water partition coefficient (Wildman–Crippen LogP) is 2.60. The molecule has 0 aliphatic heterocycles. The van der Waals surface area contributed by atoms with Crippen LogP contribution in [-0.4, -0.2) is 17.8 Å². The first kappa shape index (κ1) is 10.7. The van der Waals surface area contributed by atoms with Crippen LogP contribution in [0.2, 0.25) is 0 Å². The molecule has 0 spiro atoms. The lowest BCUT2D eigenvalue weighted by atomic mass is 9.92. The van der Waals surface area contributed by atoms with Gasteiger partial charge in [-0.2, -0.15) is 11.3 Å². The molecule has 1 N–H and O–H groups in total. The molecule has 0 saturated heterocycles. The second-order valence-corrected chi connectivity index (χ2v) is 4.11. The third-order valence-corrected chi connectivity index (χ3v) is 3.31. The van der Waals surface area contributed by atoms with Gasteiger partial charge in [-0.3, -0.25) is 0 Å². The van der Waals surface area contributed by atoms with Crippen LogP contribution in [0.15, 0.2) is 16.8 Å². The molecule has 0 aliphatic rings. The third-order valence-electron chi connectivity index (χ3n) is 2.61. The van der Waals surface area contributed by atoms with E-state index in [9.17, 15) is 5.11 Å². The maximum Gasteiger partial charge on any atom is 0.108 e. The van der Waals surface area contributed by atoms with Gasteiger partial charge in [0.2, 0.25) is 0 Å². The van der Waals surface area contributed by atoms with Gasteiger partial charge < -0.3 is 9.84 Å². The molecule has 1 rings (SSSR count). The molecule has 0 bridgehead atoms. The predicted molar refractivity (Wildman–Crippen MR) is 55.0 cm³/mol. The van der Waals surface area contributed by atoms with Crippen molar-refractivity contribution in [3.05, 3.63) is 22.4 Å². The molecule has 0 fully saturated rings. The molecule has 1 aromatic heterocycles. The van der Waals surface area contributed by atoms with E-state index in [1.165, 1.54) is 0 Å². The van der Waals surface area contributed by atoms with Crippen molar-refractivity contribution in [2.45, 2.75) is 32.0 Å². The maximum absolute atomic E-state index is 10.0. The summed E-state index contributed by atoms with van der Waals surface area (Å²) in [7, 11) is 1.64. The second kappa shape index (κ2) is 4.22. The summed E-state index contributed by atoms with van der Waals surface area (Å²) >= 11 is 1.59. The van der Waals surface area contributed by atoms with Gasteiger partial charge >= 0.3 is 0 Å². The Labute approximate surface area is 83.2 Å². The third kappa shape index (κ3) is 2.10. The smallest absolute Gasteiger partial charge is 0.108 e. The van der Waals surface area contributed by atoms with Crippen molar-refractivity contribution >= 4 is 11.3 Å². The fourth-order valence-corrected chi connectivity index (χ4v) is 1.91. The minimum atomic E-state index is -0.534. The van der Waals surface area contributed by atoms with Gasteiger partial charge in [0.25, 0.3) is 0 Å². The average Bonchev–Trinajstić information content (AvgIpc) is 2.68. The lowest BCUT2D eigenvalue weighted by Crippen LogP contribution is -2.34. The number of thiophene rings is 1. The molecule has 3 heteroatoms. The molecule has 74 valence electrons. The average molecular weight is 200 g/mol. The molecule has 0 aliphatic carbocycles. The van der Waals surface area contributed by atoms with E-state index in [1.807, 2.05) is 30.7 Å². The van der Waals surface area contributed by atoms with Gasteiger partial charge in [-0.25, -0.2) is 0 Å². The number of ether oxygens (including phenoxy) is 1. The van der Waals surface area contributed by atoms with Crippen molar-refractivity contribution in [3.8, 4) is 0 Å². The van der Waals surface area contributed by atoms with Gasteiger partial charge in [0.15, 0.2) is 0 Å². The Morgan fingerprint density at radius 2 is 2.38 bits per heavy atom. The number of rotatable bonds is 4. The summed E-state index contributed by atoms with van der Waals surface area (Å²) in [5, 5.41) is 13.9. The second-order valence-electron chi connectivity index (χ2n) is 3.33. The highest BCUT2D eigenvalue weighted by atomic mass is 32.1. The Kier molecular flexibility index (Phi) is 3.47. The molecule has 0 aromatic carbocycles. The molecule has 13 heavy (non-hydrogen) atoms. The molecule has 1 aromatic rings. The molecule has 2 atom stereocenters. The van der Waals surface area contributed by atoms with Crippen LogP contribution in [0.25, 0.3) is 0 Å². The SMILES string of the molecule is CCC(C)(OC)C(O)c1ccsc1. The summed E-state index contributed by atoms with van der Waals surface area (Å²) < 4.78 is 5.33. The molecular weight excluding hydrogens is 184 g/mol. The number of hydrogen-bond donors (Lipinski definition) is 1. The highest BCUT2D eigenvalue weighted by Gasteiger charge is 2.32. The van der Waals surface area contributed by atoms with Crippen LogP contribution in [0.1, 0.15) is 31.9 Å². The van der Waals surface area contributed by atoms with Gasteiger partial charge in [-0.05, 0) is 35.7 Å². The van der Waals surface area contributed by atoms with E-state index in [4.69, 9.17) is 4.74 Å². The van der Waals surface area contributed by atoms with Crippen molar-refractivity contribution in [1.82, 2.24) is 0 Å². The first-order chi connectivity index (χ1) is 6.14. The lowest BCUT2D eigenvalue weighted by molar-refractivity contribution is -0.0942. The number of methoxy groups -OCH3 is 1. The van der Waals surface area contributed by atoms with Crippen molar-refractivity contribution < 1.29 is 9.84 Å². The van der Waals surface area contributed by atoms with Gasteiger partial charge in [0.05, 0.1) is 5.60 Å². The standard InChI is InChI=1S/C10H16O2S/c1-4-10(2,12-3)9(11)8-5-6-13-7-8/h5-7,9,11H,4H2,1-3H3. The van der Waals surface area contributed by atoms with Crippen LogP contribution < -0.4 is 0 Å². The Bertz CT molecular complexity index is 239. The van der Waals surface area contributed by atoms with Crippen LogP contribution in [0.5, 0.6) is 0 Å². The minimum Gasteiger partial charge on any atom is -0.385 e.